The summed E-state index contributed by atoms with van der Waals surface area (Å²) in [5.74, 6) is 0.0505. The molecule has 0 saturated heterocycles. The number of hydrogen-bond acceptors (Lipinski definition) is 4. The number of oxazole rings is 1. The van der Waals surface area contributed by atoms with Gasteiger partial charge in [-0.15, -0.1) is 0 Å². The summed E-state index contributed by atoms with van der Waals surface area (Å²) in [5, 5.41) is 0. The maximum Gasteiger partial charge on any atom is 0.416 e. The van der Waals surface area contributed by atoms with Crippen molar-refractivity contribution in [3.8, 4) is 11.8 Å². The van der Waals surface area contributed by atoms with Crippen LogP contribution >= 0.6 is 0 Å². The predicted octanol–water partition coefficient (Wildman–Crippen LogP) is 4.22. The SMILES string of the molecule is Nc1cc(C(F)(F)F)ccc1Oc1nc2ccccc2o1. The molecule has 7 heteroatoms. The molecule has 0 bridgehead atoms. The Morgan fingerprint density at radius 3 is 2.52 bits per heavy atom. The van der Waals surface area contributed by atoms with Crippen LogP contribution in [0.5, 0.6) is 11.8 Å². The van der Waals surface area contributed by atoms with Crippen molar-refractivity contribution >= 4 is 16.8 Å². The van der Waals surface area contributed by atoms with Crippen molar-refractivity contribution < 1.29 is 22.3 Å². The standard InChI is InChI=1S/C14H9F3N2O2/c15-14(16,17)8-5-6-11(9(18)7-8)20-13-19-10-3-1-2-4-12(10)21-13/h1-7H,18H2. The number of benzene rings is 2. The van der Waals surface area contributed by atoms with E-state index in [1.165, 1.54) is 0 Å². The van der Waals surface area contributed by atoms with Gasteiger partial charge in [0, 0.05) is 0 Å². The van der Waals surface area contributed by atoms with E-state index >= 15 is 0 Å². The minimum atomic E-state index is -4.45. The fourth-order valence-electron chi connectivity index (χ4n) is 1.81. The minimum Gasteiger partial charge on any atom is -0.409 e. The zero-order valence-corrected chi connectivity index (χ0v) is 10.5. The van der Waals surface area contributed by atoms with E-state index in [0.29, 0.717) is 11.1 Å². The van der Waals surface area contributed by atoms with Crippen LogP contribution in [0.2, 0.25) is 0 Å². The lowest BCUT2D eigenvalue weighted by molar-refractivity contribution is -0.137. The maximum atomic E-state index is 12.5. The third kappa shape index (κ3) is 2.62. The number of nitrogens with zero attached hydrogens (tertiary/aromatic N) is 1. The van der Waals surface area contributed by atoms with Crippen molar-refractivity contribution in [1.82, 2.24) is 4.98 Å². The van der Waals surface area contributed by atoms with Crippen molar-refractivity contribution in [3.05, 3.63) is 48.0 Å². The Labute approximate surface area is 116 Å². The summed E-state index contributed by atoms with van der Waals surface area (Å²) in [6, 6.07) is 9.79. The summed E-state index contributed by atoms with van der Waals surface area (Å²) in [5.41, 5.74) is 5.67. The Bertz CT molecular complexity index is 763. The molecular formula is C14H9F3N2O2. The molecule has 4 nitrogen and oxygen atoms in total. The number of ether oxygens (including phenoxy) is 1. The van der Waals surface area contributed by atoms with E-state index in [0.717, 1.165) is 18.2 Å². The summed E-state index contributed by atoms with van der Waals surface area (Å²) < 4.78 is 48.2. The van der Waals surface area contributed by atoms with Crippen LogP contribution < -0.4 is 10.5 Å². The number of anilines is 1. The molecule has 3 aromatic rings. The van der Waals surface area contributed by atoms with Gasteiger partial charge in [0.25, 0.3) is 0 Å². The average Bonchev–Trinajstić information content (AvgIpc) is 2.82. The second kappa shape index (κ2) is 4.69. The van der Waals surface area contributed by atoms with E-state index in [1.54, 1.807) is 24.3 Å². The molecule has 0 fully saturated rings. The molecule has 21 heavy (non-hydrogen) atoms. The van der Waals surface area contributed by atoms with Gasteiger partial charge in [0.05, 0.1) is 11.3 Å². The van der Waals surface area contributed by atoms with Crippen LogP contribution in [-0.4, -0.2) is 4.98 Å². The molecule has 0 aliphatic rings. The predicted molar refractivity (Wildman–Crippen MR) is 69.9 cm³/mol. The van der Waals surface area contributed by atoms with Gasteiger partial charge in [-0.25, -0.2) is 0 Å². The lowest BCUT2D eigenvalue weighted by Gasteiger charge is -2.09. The molecule has 0 radical (unpaired) electrons. The van der Waals surface area contributed by atoms with Gasteiger partial charge in [0.2, 0.25) is 0 Å². The van der Waals surface area contributed by atoms with Gasteiger partial charge in [-0.1, -0.05) is 12.1 Å². The summed E-state index contributed by atoms with van der Waals surface area (Å²) in [6.45, 7) is 0. The van der Waals surface area contributed by atoms with Crippen LogP contribution in [0, 0.1) is 0 Å². The lowest BCUT2D eigenvalue weighted by Crippen LogP contribution is -2.05. The van der Waals surface area contributed by atoms with Gasteiger partial charge < -0.3 is 14.9 Å². The highest BCUT2D eigenvalue weighted by atomic mass is 19.4. The van der Waals surface area contributed by atoms with Gasteiger partial charge in [-0.3, -0.25) is 0 Å². The van der Waals surface area contributed by atoms with Crippen molar-refractivity contribution in [3.63, 3.8) is 0 Å². The number of rotatable bonds is 2. The summed E-state index contributed by atoms with van der Waals surface area (Å²) in [7, 11) is 0. The first-order chi connectivity index (χ1) is 9.93. The molecular weight excluding hydrogens is 285 g/mol. The third-order valence-electron chi connectivity index (χ3n) is 2.81. The van der Waals surface area contributed by atoms with Gasteiger partial charge >= 0.3 is 12.3 Å². The van der Waals surface area contributed by atoms with Crippen LogP contribution in [0.15, 0.2) is 46.9 Å². The molecule has 0 aliphatic carbocycles. The zero-order valence-electron chi connectivity index (χ0n) is 10.5. The van der Waals surface area contributed by atoms with Crippen molar-refractivity contribution in [2.45, 2.75) is 6.18 Å². The van der Waals surface area contributed by atoms with Gasteiger partial charge in [0.1, 0.15) is 5.52 Å². The summed E-state index contributed by atoms with van der Waals surface area (Å²) in [4.78, 5) is 4.05. The molecule has 1 aromatic heterocycles. The molecule has 0 spiro atoms. The van der Waals surface area contributed by atoms with Crippen molar-refractivity contribution in [2.75, 3.05) is 5.73 Å². The van der Waals surface area contributed by atoms with Crippen LogP contribution in [0.4, 0.5) is 18.9 Å². The van der Waals surface area contributed by atoms with E-state index in [1.807, 2.05) is 0 Å². The van der Waals surface area contributed by atoms with Gasteiger partial charge in [-0.05, 0) is 30.3 Å². The lowest BCUT2D eigenvalue weighted by atomic mass is 10.2. The second-order valence-corrected chi connectivity index (χ2v) is 4.30. The molecule has 2 aromatic carbocycles. The van der Waals surface area contributed by atoms with E-state index in [9.17, 15) is 13.2 Å². The van der Waals surface area contributed by atoms with Crippen molar-refractivity contribution in [1.29, 1.82) is 0 Å². The number of nitrogens with two attached hydrogens (primary N) is 1. The molecule has 1 heterocycles. The Balaban J connectivity index is 1.91. The Hall–Kier alpha value is -2.70. The quantitative estimate of drug-likeness (QED) is 0.719. The molecule has 0 unspecified atom stereocenters. The molecule has 0 saturated carbocycles. The number of para-hydroxylation sites is 2. The molecule has 0 amide bonds. The first kappa shape index (κ1) is 13.3. The van der Waals surface area contributed by atoms with Gasteiger partial charge in [0.15, 0.2) is 11.3 Å². The highest BCUT2D eigenvalue weighted by molar-refractivity contribution is 5.72. The molecule has 0 atom stereocenters. The Kier molecular flexibility index (Phi) is 2.97. The highest BCUT2D eigenvalue weighted by Gasteiger charge is 2.31. The number of fused-ring (bicyclic) bond motifs is 1. The number of nitrogen functional groups attached to an aromatic ring is 1. The molecule has 2 N–H and O–H groups in total. The Morgan fingerprint density at radius 1 is 1.10 bits per heavy atom. The van der Waals surface area contributed by atoms with Gasteiger partial charge in [-0.2, -0.15) is 18.2 Å². The second-order valence-electron chi connectivity index (χ2n) is 4.30. The topological polar surface area (TPSA) is 61.3 Å². The summed E-state index contributed by atoms with van der Waals surface area (Å²) >= 11 is 0. The van der Waals surface area contributed by atoms with Crippen LogP contribution in [-0.2, 0) is 6.18 Å². The first-order valence-electron chi connectivity index (χ1n) is 5.93. The van der Waals surface area contributed by atoms with Crippen LogP contribution in [0.1, 0.15) is 5.56 Å². The van der Waals surface area contributed by atoms with E-state index in [4.69, 9.17) is 14.9 Å². The normalized spacial score (nSPS) is 11.8. The van der Waals surface area contributed by atoms with E-state index in [2.05, 4.69) is 4.98 Å². The monoisotopic (exact) mass is 294 g/mol. The molecule has 3 rings (SSSR count). The van der Waals surface area contributed by atoms with Crippen LogP contribution in [0.3, 0.4) is 0 Å². The summed E-state index contributed by atoms with van der Waals surface area (Å²) in [6.07, 6.45) is -4.53. The van der Waals surface area contributed by atoms with E-state index < -0.39 is 11.7 Å². The molecule has 108 valence electrons. The Morgan fingerprint density at radius 2 is 1.86 bits per heavy atom. The fourth-order valence-corrected chi connectivity index (χ4v) is 1.81. The maximum absolute atomic E-state index is 12.5. The number of hydrogen-bond donors (Lipinski definition) is 1. The highest BCUT2D eigenvalue weighted by Crippen LogP contribution is 2.35. The average molecular weight is 294 g/mol. The minimum absolute atomic E-state index is 0.0505. The number of alkyl halides is 3. The fraction of sp³-hybridized carbons (Fsp3) is 0.0714. The zero-order chi connectivity index (χ0) is 15.0. The largest absolute Gasteiger partial charge is 0.416 e. The van der Waals surface area contributed by atoms with E-state index in [-0.39, 0.29) is 17.5 Å². The smallest absolute Gasteiger partial charge is 0.409 e. The number of halogens is 3. The number of aromatic nitrogens is 1. The van der Waals surface area contributed by atoms with Crippen molar-refractivity contribution in [2.24, 2.45) is 0 Å². The third-order valence-corrected chi connectivity index (χ3v) is 2.81. The first-order valence-corrected chi connectivity index (χ1v) is 5.93. The van der Waals surface area contributed by atoms with Crippen LogP contribution in [0.25, 0.3) is 11.1 Å². The molecule has 0 aliphatic heterocycles.